The zero-order valence-corrected chi connectivity index (χ0v) is 15.5. The Bertz CT molecular complexity index is 589. The van der Waals surface area contributed by atoms with E-state index < -0.39 is 10.0 Å². The Morgan fingerprint density at radius 3 is 2.09 bits per heavy atom. The SMILES string of the molecule is CC(C)c1ccc(S(=O)(=O)N2CCN(CCN(C)C)CC2)cc1. The molecule has 0 N–H and O–H groups in total. The standard InChI is InChI=1S/C17H29N3O2S/c1-15(2)16-5-7-17(8-6-16)23(21,22)20-13-11-19(12-14-20)10-9-18(3)4/h5-8,15H,9-14H2,1-4H3. The molecule has 1 aromatic rings. The Morgan fingerprint density at radius 2 is 1.61 bits per heavy atom. The van der Waals surface area contributed by atoms with Gasteiger partial charge >= 0.3 is 0 Å². The van der Waals surface area contributed by atoms with Crippen molar-refractivity contribution in [1.82, 2.24) is 14.1 Å². The van der Waals surface area contributed by atoms with Crippen molar-refractivity contribution >= 4 is 10.0 Å². The number of likely N-dealkylation sites (N-methyl/N-ethyl adjacent to an activating group) is 1. The summed E-state index contributed by atoms with van der Waals surface area (Å²) in [6.07, 6.45) is 0. The highest BCUT2D eigenvalue weighted by Gasteiger charge is 2.28. The van der Waals surface area contributed by atoms with Crippen LogP contribution in [0.25, 0.3) is 0 Å². The summed E-state index contributed by atoms with van der Waals surface area (Å²) in [5.41, 5.74) is 1.16. The summed E-state index contributed by atoms with van der Waals surface area (Å²) in [4.78, 5) is 4.89. The molecule has 1 aliphatic rings. The third kappa shape index (κ3) is 4.76. The summed E-state index contributed by atoms with van der Waals surface area (Å²) in [5.74, 6) is 0.409. The predicted molar refractivity (Wildman–Crippen MR) is 94.3 cm³/mol. The Hall–Kier alpha value is -0.950. The first kappa shape index (κ1) is 18.4. The van der Waals surface area contributed by atoms with E-state index in [1.54, 1.807) is 16.4 Å². The molecule has 1 heterocycles. The van der Waals surface area contributed by atoms with E-state index in [1.807, 2.05) is 12.1 Å². The third-order valence-corrected chi connectivity index (χ3v) is 6.29. The van der Waals surface area contributed by atoms with Crippen molar-refractivity contribution < 1.29 is 8.42 Å². The lowest BCUT2D eigenvalue weighted by atomic mass is 10.0. The second-order valence-corrected chi connectivity index (χ2v) is 8.71. The van der Waals surface area contributed by atoms with Gasteiger partial charge in [-0.2, -0.15) is 4.31 Å². The first-order chi connectivity index (χ1) is 10.8. The molecule has 0 aliphatic carbocycles. The molecule has 5 nitrogen and oxygen atoms in total. The average Bonchev–Trinajstić information content (AvgIpc) is 2.53. The maximum absolute atomic E-state index is 12.7. The number of piperazine rings is 1. The molecule has 0 aromatic heterocycles. The van der Waals surface area contributed by atoms with Gasteiger partial charge in [0.2, 0.25) is 10.0 Å². The van der Waals surface area contributed by atoms with Crippen molar-refractivity contribution in [2.45, 2.75) is 24.7 Å². The molecule has 0 bridgehead atoms. The molecular formula is C17H29N3O2S. The Balaban J connectivity index is 1.98. The molecule has 1 fully saturated rings. The molecule has 1 saturated heterocycles. The van der Waals surface area contributed by atoms with Gasteiger partial charge in [0.1, 0.15) is 0 Å². The molecule has 0 atom stereocenters. The lowest BCUT2D eigenvalue weighted by molar-refractivity contribution is 0.174. The van der Waals surface area contributed by atoms with Gasteiger partial charge in [-0.05, 0) is 37.7 Å². The zero-order chi connectivity index (χ0) is 17.0. The predicted octanol–water partition coefficient (Wildman–Crippen LogP) is 1.68. The fraction of sp³-hybridized carbons (Fsp3) is 0.647. The van der Waals surface area contributed by atoms with E-state index in [2.05, 4.69) is 37.7 Å². The quantitative estimate of drug-likeness (QED) is 0.791. The maximum atomic E-state index is 12.7. The smallest absolute Gasteiger partial charge is 0.243 e. The van der Waals surface area contributed by atoms with Crippen LogP contribution in [-0.2, 0) is 10.0 Å². The van der Waals surface area contributed by atoms with Crippen molar-refractivity contribution in [2.24, 2.45) is 0 Å². The van der Waals surface area contributed by atoms with Crippen molar-refractivity contribution in [1.29, 1.82) is 0 Å². The molecule has 130 valence electrons. The summed E-state index contributed by atoms with van der Waals surface area (Å²) in [6, 6.07) is 7.32. The molecule has 1 aliphatic heterocycles. The van der Waals surface area contributed by atoms with Gasteiger partial charge in [0.05, 0.1) is 4.90 Å². The lowest BCUT2D eigenvalue weighted by Gasteiger charge is -2.34. The van der Waals surface area contributed by atoms with E-state index in [0.717, 1.165) is 31.7 Å². The Labute approximate surface area is 140 Å². The highest BCUT2D eigenvalue weighted by atomic mass is 32.2. The minimum atomic E-state index is -3.36. The van der Waals surface area contributed by atoms with Crippen LogP contribution in [0.5, 0.6) is 0 Å². The van der Waals surface area contributed by atoms with Gasteiger partial charge in [-0.3, -0.25) is 4.90 Å². The van der Waals surface area contributed by atoms with E-state index in [0.29, 0.717) is 23.9 Å². The minimum Gasteiger partial charge on any atom is -0.308 e. The summed E-state index contributed by atoms with van der Waals surface area (Å²) in [7, 11) is 0.751. The first-order valence-corrected chi connectivity index (χ1v) is 9.72. The van der Waals surface area contributed by atoms with Crippen LogP contribution in [0.3, 0.4) is 0 Å². The van der Waals surface area contributed by atoms with Gasteiger partial charge in [0, 0.05) is 39.3 Å². The molecule has 0 radical (unpaired) electrons. The number of nitrogens with zero attached hydrogens (tertiary/aromatic N) is 3. The number of sulfonamides is 1. The molecule has 2 rings (SSSR count). The molecule has 0 unspecified atom stereocenters. The fourth-order valence-corrected chi connectivity index (χ4v) is 4.13. The number of hydrogen-bond donors (Lipinski definition) is 0. The van der Waals surface area contributed by atoms with Gasteiger partial charge in [-0.25, -0.2) is 8.42 Å². The van der Waals surface area contributed by atoms with Crippen LogP contribution < -0.4 is 0 Å². The van der Waals surface area contributed by atoms with E-state index in [-0.39, 0.29) is 0 Å². The van der Waals surface area contributed by atoms with Crippen molar-refractivity contribution in [3.63, 3.8) is 0 Å². The van der Waals surface area contributed by atoms with Crippen LogP contribution in [0.15, 0.2) is 29.2 Å². The van der Waals surface area contributed by atoms with Gasteiger partial charge in [-0.1, -0.05) is 26.0 Å². The van der Waals surface area contributed by atoms with E-state index in [1.165, 1.54) is 0 Å². The first-order valence-electron chi connectivity index (χ1n) is 8.28. The summed E-state index contributed by atoms with van der Waals surface area (Å²) in [6.45, 7) is 8.96. The second kappa shape index (κ2) is 7.75. The van der Waals surface area contributed by atoms with Crippen molar-refractivity contribution in [3.05, 3.63) is 29.8 Å². The van der Waals surface area contributed by atoms with E-state index in [9.17, 15) is 8.42 Å². The number of benzene rings is 1. The summed E-state index contributed by atoms with van der Waals surface area (Å²) >= 11 is 0. The molecule has 1 aromatic carbocycles. The monoisotopic (exact) mass is 339 g/mol. The molecule has 0 amide bonds. The maximum Gasteiger partial charge on any atom is 0.243 e. The summed E-state index contributed by atoms with van der Waals surface area (Å²) in [5, 5.41) is 0. The van der Waals surface area contributed by atoms with Crippen molar-refractivity contribution in [2.75, 3.05) is 53.4 Å². The van der Waals surface area contributed by atoms with Crippen LogP contribution in [0.4, 0.5) is 0 Å². The van der Waals surface area contributed by atoms with Gasteiger partial charge in [0.25, 0.3) is 0 Å². The number of hydrogen-bond acceptors (Lipinski definition) is 4. The van der Waals surface area contributed by atoms with Crippen LogP contribution in [0.1, 0.15) is 25.3 Å². The third-order valence-electron chi connectivity index (χ3n) is 4.38. The van der Waals surface area contributed by atoms with Crippen LogP contribution >= 0.6 is 0 Å². The topological polar surface area (TPSA) is 43.9 Å². The van der Waals surface area contributed by atoms with Crippen molar-refractivity contribution in [3.8, 4) is 0 Å². The fourth-order valence-electron chi connectivity index (χ4n) is 2.71. The van der Waals surface area contributed by atoms with Crippen LogP contribution in [0, 0.1) is 0 Å². The molecular weight excluding hydrogens is 310 g/mol. The molecule has 23 heavy (non-hydrogen) atoms. The second-order valence-electron chi connectivity index (χ2n) is 6.77. The highest BCUT2D eigenvalue weighted by molar-refractivity contribution is 7.89. The lowest BCUT2D eigenvalue weighted by Crippen LogP contribution is -2.49. The number of rotatable bonds is 6. The van der Waals surface area contributed by atoms with Crippen LogP contribution in [-0.4, -0.2) is 75.9 Å². The normalized spacial score (nSPS) is 18.0. The molecule has 6 heteroatoms. The van der Waals surface area contributed by atoms with Gasteiger partial charge in [0.15, 0.2) is 0 Å². The van der Waals surface area contributed by atoms with Crippen LogP contribution in [0.2, 0.25) is 0 Å². The van der Waals surface area contributed by atoms with E-state index >= 15 is 0 Å². The summed E-state index contributed by atoms with van der Waals surface area (Å²) < 4.78 is 27.1. The van der Waals surface area contributed by atoms with Gasteiger partial charge < -0.3 is 4.90 Å². The average molecular weight is 340 g/mol. The molecule has 0 saturated carbocycles. The highest BCUT2D eigenvalue weighted by Crippen LogP contribution is 2.21. The zero-order valence-electron chi connectivity index (χ0n) is 14.7. The minimum absolute atomic E-state index is 0.406. The Kier molecular flexibility index (Phi) is 6.19. The Morgan fingerprint density at radius 1 is 1.04 bits per heavy atom. The largest absolute Gasteiger partial charge is 0.308 e. The van der Waals surface area contributed by atoms with Gasteiger partial charge in [-0.15, -0.1) is 0 Å². The molecule has 0 spiro atoms. The van der Waals surface area contributed by atoms with E-state index in [4.69, 9.17) is 0 Å².